The van der Waals surface area contributed by atoms with E-state index in [2.05, 4.69) is 41.5 Å². The Hall–Kier alpha value is -2.44. The molecule has 138 valence electrons. The average Bonchev–Trinajstić information content (AvgIpc) is 2.67. The van der Waals surface area contributed by atoms with E-state index in [-0.39, 0.29) is 11.0 Å². The van der Waals surface area contributed by atoms with Crippen LogP contribution in [0.5, 0.6) is 5.75 Å². The Bertz CT molecular complexity index is 743. The number of carbonyl (C=O) groups excluding carboxylic acids is 1. The second-order valence-corrected chi connectivity index (χ2v) is 6.18. The molecule has 0 saturated carbocycles. The molecule has 0 aliphatic rings. The van der Waals surface area contributed by atoms with E-state index < -0.39 is 0 Å². The number of ether oxygens (including phenoxy) is 1. The third-order valence-electron chi connectivity index (χ3n) is 4.09. The van der Waals surface area contributed by atoms with Crippen LogP contribution in [-0.2, 0) is 6.54 Å². The van der Waals surface area contributed by atoms with Gasteiger partial charge in [0.15, 0.2) is 5.11 Å². The normalized spacial score (nSPS) is 10.5. The summed E-state index contributed by atoms with van der Waals surface area (Å²) in [5, 5.41) is 5.96. The number of nitrogens with zero attached hydrogens (tertiary/aromatic N) is 1. The fraction of sp³-hybridized carbons (Fsp3) is 0.300. The largest absolute Gasteiger partial charge is 0.496 e. The number of carbonyl (C=O) groups is 1. The predicted octanol–water partition coefficient (Wildman–Crippen LogP) is 3.66. The fourth-order valence-corrected chi connectivity index (χ4v) is 2.77. The highest BCUT2D eigenvalue weighted by molar-refractivity contribution is 7.80. The zero-order valence-corrected chi connectivity index (χ0v) is 16.2. The first-order valence-electron chi connectivity index (χ1n) is 8.64. The topological polar surface area (TPSA) is 53.6 Å². The van der Waals surface area contributed by atoms with Crippen molar-refractivity contribution in [2.75, 3.05) is 25.5 Å². The van der Waals surface area contributed by atoms with Gasteiger partial charge in [0.25, 0.3) is 5.91 Å². The maximum Gasteiger partial charge on any atom is 0.261 e. The lowest BCUT2D eigenvalue weighted by Gasteiger charge is -2.18. The summed E-state index contributed by atoms with van der Waals surface area (Å²) in [7, 11) is 1.53. The van der Waals surface area contributed by atoms with Gasteiger partial charge in [0.2, 0.25) is 0 Å². The Morgan fingerprint density at radius 3 is 2.35 bits per heavy atom. The van der Waals surface area contributed by atoms with Gasteiger partial charge in [-0.1, -0.05) is 38.1 Å². The molecule has 1 amide bonds. The Labute approximate surface area is 160 Å². The van der Waals surface area contributed by atoms with Gasteiger partial charge in [0.1, 0.15) is 5.75 Å². The van der Waals surface area contributed by atoms with Crippen molar-refractivity contribution < 1.29 is 9.53 Å². The molecule has 0 aliphatic carbocycles. The molecule has 5 nitrogen and oxygen atoms in total. The van der Waals surface area contributed by atoms with Crippen LogP contribution in [0.1, 0.15) is 29.8 Å². The van der Waals surface area contributed by atoms with Crippen molar-refractivity contribution >= 4 is 28.9 Å². The molecule has 0 heterocycles. The van der Waals surface area contributed by atoms with E-state index in [9.17, 15) is 4.79 Å². The van der Waals surface area contributed by atoms with E-state index in [1.165, 1.54) is 12.7 Å². The van der Waals surface area contributed by atoms with Crippen LogP contribution < -0.4 is 15.4 Å². The van der Waals surface area contributed by atoms with Gasteiger partial charge < -0.3 is 10.1 Å². The van der Waals surface area contributed by atoms with E-state index in [1.54, 1.807) is 18.2 Å². The molecule has 2 aromatic carbocycles. The summed E-state index contributed by atoms with van der Waals surface area (Å²) in [4.78, 5) is 14.7. The molecule has 0 spiro atoms. The molecule has 2 rings (SSSR count). The quantitative estimate of drug-likeness (QED) is 0.728. The summed E-state index contributed by atoms with van der Waals surface area (Å²) in [6, 6.07) is 15.1. The zero-order valence-electron chi connectivity index (χ0n) is 15.4. The number of anilines is 1. The maximum absolute atomic E-state index is 12.3. The van der Waals surface area contributed by atoms with E-state index in [4.69, 9.17) is 17.0 Å². The minimum Gasteiger partial charge on any atom is -0.496 e. The van der Waals surface area contributed by atoms with Crippen molar-refractivity contribution in [3.8, 4) is 5.75 Å². The van der Waals surface area contributed by atoms with Gasteiger partial charge >= 0.3 is 0 Å². The van der Waals surface area contributed by atoms with Gasteiger partial charge in [-0.15, -0.1) is 0 Å². The van der Waals surface area contributed by atoms with Crippen LogP contribution in [0.2, 0.25) is 0 Å². The molecule has 2 N–H and O–H groups in total. The Balaban J connectivity index is 1.94. The molecule has 2 aromatic rings. The molecule has 26 heavy (non-hydrogen) atoms. The van der Waals surface area contributed by atoms with Gasteiger partial charge in [-0.05, 0) is 55.1 Å². The summed E-state index contributed by atoms with van der Waals surface area (Å²) in [5.41, 5.74) is 2.51. The number of hydrogen-bond donors (Lipinski definition) is 2. The van der Waals surface area contributed by atoms with E-state index in [0.29, 0.717) is 11.3 Å². The molecule has 6 heteroatoms. The summed E-state index contributed by atoms with van der Waals surface area (Å²) < 4.78 is 5.20. The molecule has 0 bridgehead atoms. The van der Waals surface area contributed by atoms with Gasteiger partial charge in [-0.2, -0.15) is 0 Å². The average molecular weight is 372 g/mol. The summed E-state index contributed by atoms with van der Waals surface area (Å²) in [5.74, 6) is 0.201. The molecule has 0 saturated heterocycles. The molecule has 0 atom stereocenters. The minimum absolute atomic E-state index is 0.248. The third-order valence-corrected chi connectivity index (χ3v) is 4.30. The van der Waals surface area contributed by atoms with Crippen LogP contribution in [0, 0.1) is 0 Å². The number of nitrogens with one attached hydrogen (secondary N) is 2. The van der Waals surface area contributed by atoms with E-state index in [1.807, 2.05) is 18.2 Å². The third kappa shape index (κ3) is 5.54. The van der Waals surface area contributed by atoms with Crippen molar-refractivity contribution in [1.82, 2.24) is 10.2 Å². The zero-order chi connectivity index (χ0) is 18.9. The molecule has 0 radical (unpaired) electrons. The first-order chi connectivity index (χ1) is 12.6. The molecule has 0 fully saturated rings. The number of para-hydroxylation sites is 1. The number of methoxy groups -OCH3 is 1. The standard InChI is InChI=1S/C20H25N3O2S/c1-4-23(5-2)14-15-10-12-16(13-11-15)21-20(26)22-19(24)17-8-6-7-9-18(17)25-3/h6-13H,4-5,14H2,1-3H3,(H2,21,22,24,26). The van der Waals surface area contributed by atoms with Crippen LogP contribution in [0.4, 0.5) is 5.69 Å². The van der Waals surface area contributed by atoms with Crippen LogP contribution in [0.3, 0.4) is 0 Å². The van der Waals surface area contributed by atoms with Gasteiger partial charge in [0.05, 0.1) is 12.7 Å². The SMILES string of the molecule is CCN(CC)Cc1ccc(NC(=S)NC(=O)c2ccccc2OC)cc1. The van der Waals surface area contributed by atoms with Crippen LogP contribution in [0.15, 0.2) is 48.5 Å². The van der Waals surface area contributed by atoms with Gasteiger partial charge in [0, 0.05) is 12.2 Å². The highest BCUT2D eigenvalue weighted by Gasteiger charge is 2.12. The fourth-order valence-electron chi connectivity index (χ4n) is 2.56. The Morgan fingerprint density at radius 1 is 1.08 bits per heavy atom. The van der Waals surface area contributed by atoms with Crippen LogP contribution >= 0.6 is 12.2 Å². The number of hydrogen-bond acceptors (Lipinski definition) is 4. The number of amides is 1. The molecule has 0 aromatic heterocycles. The van der Waals surface area contributed by atoms with Crippen molar-refractivity contribution in [3.63, 3.8) is 0 Å². The summed E-state index contributed by atoms with van der Waals surface area (Å²) in [6.07, 6.45) is 0. The monoisotopic (exact) mass is 371 g/mol. The lowest BCUT2D eigenvalue weighted by molar-refractivity contribution is 0.0975. The van der Waals surface area contributed by atoms with Crippen molar-refractivity contribution in [1.29, 1.82) is 0 Å². The van der Waals surface area contributed by atoms with Crippen molar-refractivity contribution in [3.05, 3.63) is 59.7 Å². The second kappa shape index (κ2) is 9.89. The Morgan fingerprint density at radius 2 is 1.73 bits per heavy atom. The van der Waals surface area contributed by atoms with E-state index >= 15 is 0 Å². The van der Waals surface area contributed by atoms with E-state index in [0.717, 1.165) is 25.3 Å². The number of rotatable bonds is 7. The lowest BCUT2D eigenvalue weighted by Crippen LogP contribution is -2.34. The molecule has 0 unspecified atom stereocenters. The predicted molar refractivity (Wildman–Crippen MR) is 110 cm³/mol. The van der Waals surface area contributed by atoms with Crippen LogP contribution in [-0.4, -0.2) is 36.1 Å². The Kier molecular flexibility index (Phi) is 7.56. The first kappa shape index (κ1) is 19.9. The number of benzene rings is 2. The van der Waals surface area contributed by atoms with Gasteiger partial charge in [-0.3, -0.25) is 15.0 Å². The molecular formula is C20H25N3O2S. The van der Waals surface area contributed by atoms with Gasteiger partial charge in [-0.25, -0.2) is 0 Å². The molecular weight excluding hydrogens is 346 g/mol. The van der Waals surface area contributed by atoms with Crippen molar-refractivity contribution in [2.45, 2.75) is 20.4 Å². The highest BCUT2D eigenvalue weighted by Crippen LogP contribution is 2.17. The van der Waals surface area contributed by atoms with Crippen LogP contribution in [0.25, 0.3) is 0 Å². The number of thiocarbonyl (C=S) groups is 1. The first-order valence-corrected chi connectivity index (χ1v) is 9.04. The summed E-state index contributed by atoms with van der Waals surface area (Å²) >= 11 is 5.24. The second-order valence-electron chi connectivity index (χ2n) is 5.77. The minimum atomic E-state index is -0.307. The lowest BCUT2D eigenvalue weighted by atomic mass is 10.2. The maximum atomic E-state index is 12.3. The molecule has 0 aliphatic heterocycles. The highest BCUT2D eigenvalue weighted by atomic mass is 32.1. The smallest absolute Gasteiger partial charge is 0.261 e. The van der Waals surface area contributed by atoms with Crippen molar-refractivity contribution in [2.24, 2.45) is 0 Å². The summed E-state index contributed by atoms with van der Waals surface area (Å²) in [6.45, 7) is 7.28.